The number of carbonyl (C=O) groups is 1. The van der Waals surface area contributed by atoms with Crippen molar-refractivity contribution >= 4 is 5.91 Å². The number of hydrogen-bond acceptors (Lipinski definition) is 2. The minimum Gasteiger partial charge on any atom is -0.338 e. The van der Waals surface area contributed by atoms with Gasteiger partial charge in [0.1, 0.15) is 0 Å². The van der Waals surface area contributed by atoms with Crippen LogP contribution in [0.1, 0.15) is 52.7 Å². The van der Waals surface area contributed by atoms with Gasteiger partial charge < -0.3 is 4.90 Å². The number of nitrogens with zero attached hydrogens (tertiary/aromatic N) is 3. The minimum atomic E-state index is 0.110. The molecule has 1 unspecified atom stereocenters. The summed E-state index contributed by atoms with van der Waals surface area (Å²) in [6, 6.07) is 6.65. The van der Waals surface area contributed by atoms with Crippen molar-refractivity contribution < 1.29 is 4.79 Å². The Hall–Kier alpha value is -2.10. The maximum Gasteiger partial charge on any atom is 0.257 e. The topological polar surface area (TPSA) is 38.1 Å². The van der Waals surface area contributed by atoms with Gasteiger partial charge >= 0.3 is 0 Å². The first-order valence-electron chi connectivity index (χ1n) is 8.47. The molecule has 0 spiro atoms. The number of hydrogen-bond donors (Lipinski definition) is 0. The third kappa shape index (κ3) is 3.31. The molecule has 1 aliphatic rings. The third-order valence-electron chi connectivity index (χ3n) is 4.78. The highest BCUT2D eigenvalue weighted by molar-refractivity contribution is 5.93. The lowest BCUT2D eigenvalue weighted by Crippen LogP contribution is -2.39. The maximum atomic E-state index is 12.7. The average Bonchev–Trinajstić information content (AvgIpc) is 3.03. The quantitative estimate of drug-likeness (QED) is 0.869. The first kappa shape index (κ1) is 15.8. The molecule has 0 saturated carbocycles. The summed E-state index contributed by atoms with van der Waals surface area (Å²) in [6.45, 7) is 8.77. The molecule has 2 aromatic rings. The van der Waals surface area contributed by atoms with E-state index in [4.69, 9.17) is 0 Å². The molecule has 3 rings (SSSR count). The first-order valence-corrected chi connectivity index (χ1v) is 8.47. The summed E-state index contributed by atoms with van der Waals surface area (Å²) in [5, 5.41) is 4.22. The van der Waals surface area contributed by atoms with E-state index in [9.17, 15) is 4.79 Å². The number of carbonyl (C=O) groups excluding carboxylic acids is 1. The van der Waals surface area contributed by atoms with Gasteiger partial charge in [-0.05, 0) is 44.7 Å². The van der Waals surface area contributed by atoms with Crippen LogP contribution in [0, 0.1) is 13.8 Å². The fourth-order valence-electron chi connectivity index (χ4n) is 3.53. The fraction of sp³-hybridized carbons (Fsp3) is 0.474. The van der Waals surface area contributed by atoms with E-state index < -0.39 is 0 Å². The van der Waals surface area contributed by atoms with Crippen molar-refractivity contribution in [2.75, 3.05) is 13.1 Å². The van der Waals surface area contributed by atoms with Gasteiger partial charge in [0, 0.05) is 31.7 Å². The monoisotopic (exact) mass is 311 g/mol. The maximum absolute atomic E-state index is 12.7. The predicted molar refractivity (Wildman–Crippen MR) is 91.7 cm³/mol. The summed E-state index contributed by atoms with van der Waals surface area (Å²) in [7, 11) is 0. The molecule has 0 radical (unpaired) electrons. The highest BCUT2D eigenvalue weighted by Crippen LogP contribution is 2.30. The van der Waals surface area contributed by atoms with E-state index in [1.54, 1.807) is 10.9 Å². The Morgan fingerprint density at radius 1 is 1.35 bits per heavy atom. The van der Waals surface area contributed by atoms with Crippen molar-refractivity contribution in [2.45, 2.75) is 46.1 Å². The normalized spacial score (nSPS) is 18.2. The molecule has 122 valence electrons. The Balaban J connectivity index is 1.76. The zero-order chi connectivity index (χ0) is 16.4. The van der Waals surface area contributed by atoms with E-state index in [1.807, 2.05) is 18.0 Å². The molecular weight excluding hydrogens is 286 g/mol. The third-order valence-corrected chi connectivity index (χ3v) is 4.78. The molecular formula is C19H25N3O. The molecule has 1 aliphatic heterocycles. The largest absolute Gasteiger partial charge is 0.338 e. The fourth-order valence-corrected chi connectivity index (χ4v) is 3.53. The van der Waals surface area contributed by atoms with Crippen LogP contribution in [0.4, 0.5) is 0 Å². The van der Waals surface area contributed by atoms with E-state index >= 15 is 0 Å². The van der Waals surface area contributed by atoms with Crippen LogP contribution in [0.25, 0.3) is 0 Å². The van der Waals surface area contributed by atoms with Crippen LogP contribution in [0.15, 0.2) is 30.6 Å². The average molecular weight is 311 g/mol. The van der Waals surface area contributed by atoms with Crippen LogP contribution in [0.3, 0.4) is 0 Å². The van der Waals surface area contributed by atoms with Crippen molar-refractivity contribution in [3.63, 3.8) is 0 Å². The van der Waals surface area contributed by atoms with Crippen molar-refractivity contribution in [1.82, 2.24) is 14.7 Å². The molecule has 1 aromatic heterocycles. The lowest BCUT2D eigenvalue weighted by atomic mass is 9.87. The molecule has 0 N–H and O–H groups in total. The predicted octanol–water partition coefficient (Wildman–Crippen LogP) is 3.54. The number of rotatable bonds is 3. The van der Waals surface area contributed by atoms with Crippen molar-refractivity contribution in [3.8, 4) is 0 Å². The highest BCUT2D eigenvalue weighted by Gasteiger charge is 2.26. The molecule has 4 nitrogen and oxygen atoms in total. The number of likely N-dealkylation sites (tertiary alicyclic amines) is 1. The van der Waals surface area contributed by atoms with Crippen molar-refractivity contribution in [3.05, 3.63) is 52.8 Å². The molecule has 1 aromatic carbocycles. The van der Waals surface area contributed by atoms with Crippen LogP contribution < -0.4 is 0 Å². The van der Waals surface area contributed by atoms with Crippen LogP contribution in [-0.2, 0) is 6.54 Å². The second-order valence-electron chi connectivity index (χ2n) is 6.54. The van der Waals surface area contributed by atoms with Crippen LogP contribution in [-0.4, -0.2) is 33.7 Å². The van der Waals surface area contributed by atoms with Gasteiger partial charge in [-0.15, -0.1) is 0 Å². The number of aryl methyl sites for hydroxylation is 3. The van der Waals surface area contributed by atoms with Crippen LogP contribution >= 0.6 is 0 Å². The summed E-state index contributed by atoms with van der Waals surface area (Å²) in [4.78, 5) is 14.7. The van der Waals surface area contributed by atoms with E-state index in [1.165, 1.54) is 16.7 Å². The Bertz CT molecular complexity index is 704. The molecule has 1 amide bonds. The summed E-state index contributed by atoms with van der Waals surface area (Å²) in [6.07, 6.45) is 5.75. The zero-order valence-corrected chi connectivity index (χ0v) is 14.2. The Morgan fingerprint density at radius 2 is 2.17 bits per heavy atom. The second kappa shape index (κ2) is 6.57. The van der Waals surface area contributed by atoms with Gasteiger partial charge in [-0.2, -0.15) is 5.10 Å². The molecule has 1 atom stereocenters. The van der Waals surface area contributed by atoms with Gasteiger partial charge in [0.15, 0.2) is 0 Å². The van der Waals surface area contributed by atoms with E-state index in [0.29, 0.717) is 11.5 Å². The smallest absolute Gasteiger partial charge is 0.257 e. The van der Waals surface area contributed by atoms with Gasteiger partial charge in [-0.1, -0.05) is 23.8 Å². The van der Waals surface area contributed by atoms with E-state index in [0.717, 1.165) is 32.5 Å². The number of piperidine rings is 1. The molecule has 4 heteroatoms. The van der Waals surface area contributed by atoms with E-state index in [2.05, 4.69) is 37.1 Å². The summed E-state index contributed by atoms with van der Waals surface area (Å²) < 4.78 is 1.80. The number of benzene rings is 1. The summed E-state index contributed by atoms with van der Waals surface area (Å²) in [5.74, 6) is 0.550. The molecule has 0 bridgehead atoms. The Morgan fingerprint density at radius 3 is 2.87 bits per heavy atom. The first-order chi connectivity index (χ1) is 11.1. The van der Waals surface area contributed by atoms with Gasteiger partial charge in [-0.3, -0.25) is 9.48 Å². The summed E-state index contributed by atoms with van der Waals surface area (Å²) >= 11 is 0. The van der Waals surface area contributed by atoms with Crippen LogP contribution in [0.2, 0.25) is 0 Å². The molecule has 23 heavy (non-hydrogen) atoms. The van der Waals surface area contributed by atoms with Gasteiger partial charge in [0.2, 0.25) is 0 Å². The Kier molecular flexibility index (Phi) is 4.51. The minimum absolute atomic E-state index is 0.110. The standard InChI is InChI=1S/C19H25N3O/c1-4-22-13-17(11-20-22)19(23)21-9-5-6-16(12-21)18-8-7-14(2)10-15(18)3/h7-8,10-11,13,16H,4-6,9,12H2,1-3H3. The number of amides is 1. The molecule has 0 aliphatic carbocycles. The van der Waals surface area contributed by atoms with Gasteiger partial charge in [-0.25, -0.2) is 0 Å². The Labute approximate surface area is 138 Å². The van der Waals surface area contributed by atoms with Gasteiger partial charge in [0.25, 0.3) is 5.91 Å². The van der Waals surface area contributed by atoms with Crippen molar-refractivity contribution in [1.29, 1.82) is 0 Å². The molecule has 1 fully saturated rings. The lowest BCUT2D eigenvalue weighted by Gasteiger charge is -2.33. The second-order valence-corrected chi connectivity index (χ2v) is 6.54. The van der Waals surface area contributed by atoms with Crippen molar-refractivity contribution in [2.24, 2.45) is 0 Å². The van der Waals surface area contributed by atoms with Gasteiger partial charge in [0.05, 0.1) is 11.8 Å². The highest BCUT2D eigenvalue weighted by atomic mass is 16.2. The molecule has 2 heterocycles. The van der Waals surface area contributed by atoms with Crippen LogP contribution in [0.5, 0.6) is 0 Å². The SMILES string of the molecule is CCn1cc(C(=O)N2CCCC(c3ccc(C)cc3C)C2)cn1. The lowest BCUT2D eigenvalue weighted by molar-refractivity contribution is 0.0707. The number of aromatic nitrogens is 2. The van der Waals surface area contributed by atoms with E-state index in [-0.39, 0.29) is 5.91 Å². The zero-order valence-electron chi connectivity index (χ0n) is 14.2. The summed E-state index contributed by atoms with van der Waals surface area (Å²) in [5.41, 5.74) is 4.72. The molecule has 1 saturated heterocycles.